The van der Waals surface area contributed by atoms with Crippen LogP contribution in [0.15, 0.2) is 36.2 Å². The van der Waals surface area contributed by atoms with E-state index in [2.05, 4.69) is 10.4 Å². The number of aromatic nitrogens is 2. The number of nitrogens with zero attached hydrogens (tertiary/aromatic N) is 3. The first-order valence-corrected chi connectivity index (χ1v) is 7.42. The molecule has 23 heavy (non-hydrogen) atoms. The Morgan fingerprint density at radius 2 is 2.09 bits per heavy atom. The van der Waals surface area contributed by atoms with Crippen LogP contribution in [-0.2, 0) is 11.8 Å². The number of rotatable bonds is 3. The van der Waals surface area contributed by atoms with Gasteiger partial charge in [-0.2, -0.15) is 5.10 Å². The molecule has 1 aliphatic heterocycles. The van der Waals surface area contributed by atoms with E-state index >= 15 is 0 Å². The molecule has 118 valence electrons. The lowest BCUT2D eigenvalue weighted by molar-refractivity contribution is -0.113. The molecule has 1 aromatic carbocycles. The molecule has 1 saturated heterocycles. The molecule has 1 aromatic heterocycles. The molecule has 1 N–H and O–H groups in total. The maximum atomic E-state index is 12.7. The molecular weight excluding hydrogens is 312 g/mol. The molecule has 6 nitrogen and oxygen atoms in total. The van der Waals surface area contributed by atoms with Crippen LogP contribution in [0.2, 0.25) is 0 Å². The number of anilines is 1. The maximum Gasteiger partial charge on any atom is 0.281 e. The molecule has 0 aliphatic carbocycles. The number of para-hydroxylation sites is 2. The molecule has 0 unspecified atom stereocenters. The third-order valence-corrected chi connectivity index (χ3v) is 3.84. The van der Waals surface area contributed by atoms with Crippen molar-refractivity contribution in [1.82, 2.24) is 15.1 Å². The Bertz CT molecular complexity index is 825. The number of hydrogen-bond donors (Lipinski definition) is 1. The maximum absolute atomic E-state index is 12.7. The minimum Gasteiger partial charge on any atom is -0.495 e. The average Bonchev–Trinajstić information content (AvgIpc) is 2.98. The van der Waals surface area contributed by atoms with Crippen molar-refractivity contribution in [3.05, 3.63) is 47.4 Å². The number of ether oxygens (including phenoxy) is 1. The second-order valence-corrected chi connectivity index (χ2v) is 5.53. The molecule has 0 atom stereocenters. The SMILES string of the molecule is COc1ccccc1N1C(=O)/C(=C\c2cn(C)nc2C)NC1=S. The zero-order valence-electron chi connectivity index (χ0n) is 13.0. The van der Waals surface area contributed by atoms with E-state index in [0.29, 0.717) is 22.2 Å². The molecule has 3 rings (SSSR count). The van der Waals surface area contributed by atoms with E-state index in [1.165, 1.54) is 4.90 Å². The summed E-state index contributed by atoms with van der Waals surface area (Å²) < 4.78 is 7.02. The summed E-state index contributed by atoms with van der Waals surface area (Å²) in [6.07, 6.45) is 3.61. The van der Waals surface area contributed by atoms with Crippen molar-refractivity contribution >= 4 is 35.0 Å². The van der Waals surface area contributed by atoms with Gasteiger partial charge in [-0.05, 0) is 37.4 Å². The van der Waals surface area contributed by atoms with E-state index < -0.39 is 0 Å². The Morgan fingerprint density at radius 3 is 2.74 bits per heavy atom. The number of methoxy groups -OCH3 is 1. The standard InChI is InChI=1S/C16H16N4O2S/c1-10-11(9-19(2)18-10)8-12-15(21)20(16(23)17-12)13-6-4-5-7-14(13)22-3/h4-9H,1-3H3,(H,17,23)/b12-8+. The van der Waals surface area contributed by atoms with Crippen LogP contribution < -0.4 is 15.0 Å². The fourth-order valence-corrected chi connectivity index (χ4v) is 2.77. The molecule has 0 radical (unpaired) electrons. The zero-order valence-corrected chi connectivity index (χ0v) is 13.8. The molecular formula is C16H16N4O2S. The minimum atomic E-state index is -0.220. The fraction of sp³-hybridized carbons (Fsp3) is 0.188. The van der Waals surface area contributed by atoms with Gasteiger partial charge in [-0.3, -0.25) is 9.48 Å². The van der Waals surface area contributed by atoms with Gasteiger partial charge in [0, 0.05) is 18.8 Å². The van der Waals surface area contributed by atoms with Crippen LogP contribution in [0.1, 0.15) is 11.3 Å². The normalized spacial score (nSPS) is 16.1. The molecule has 1 aliphatic rings. The van der Waals surface area contributed by atoms with Crippen molar-refractivity contribution in [2.45, 2.75) is 6.92 Å². The average molecular weight is 328 g/mol. The monoisotopic (exact) mass is 328 g/mol. The predicted molar refractivity (Wildman–Crippen MR) is 92.1 cm³/mol. The summed E-state index contributed by atoms with van der Waals surface area (Å²) in [6.45, 7) is 1.89. The molecule has 0 bridgehead atoms. The van der Waals surface area contributed by atoms with Crippen LogP contribution in [-0.4, -0.2) is 27.9 Å². The largest absolute Gasteiger partial charge is 0.495 e. The Hall–Kier alpha value is -2.67. The first-order valence-electron chi connectivity index (χ1n) is 7.01. The summed E-state index contributed by atoms with van der Waals surface area (Å²) in [5.74, 6) is 0.367. The number of amides is 1. The van der Waals surface area contributed by atoms with Gasteiger partial charge >= 0.3 is 0 Å². The number of carbonyl (C=O) groups is 1. The molecule has 0 saturated carbocycles. The van der Waals surface area contributed by atoms with Crippen molar-refractivity contribution in [1.29, 1.82) is 0 Å². The van der Waals surface area contributed by atoms with E-state index in [9.17, 15) is 4.79 Å². The van der Waals surface area contributed by atoms with E-state index in [1.54, 1.807) is 30.0 Å². The van der Waals surface area contributed by atoms with E-state index in [0.717, 1.165) is 11.3 Å². The second-order valence-electron chi connectivity index (χ2n) is 5.14. The second kappa shape index (κ2) is 5.85. The van der Waals surface area contributed by atoms with Crippen LogP contribution in [0.4, 0.5) is 5.69 Å². The molecule has 2 heterocycles. The summed E-state index contributed by atoms with van der Waals surface area (Å²) >= 11 is 5.32. The van der Waals surface area contributed by atoms with Gasteiger partial charge in [0.2, 0.25) is 0 Å². The predicted octanol–water partition coefficient (Wildman–Crippen LogP) is 2.00. The van der Waals surface area contributed by atoms with Gasteiger partial charge in [0.25, 0.3) is 5.91 Å². The lowest BCUT2D eigenvalue weighted by atomic mass is 10.2. The number of thiocarbonyl (C=S) groups is 1. The number of aryl methyl sites for hydroxylation is 2. The summed E-state index contributed by atoms with van der Waals surface area (Å²) in [7, 11) is 3.40. The quantitative estimate of drug-likeness (QED) is 0.690. The van der Waals surface area contributed by atoms with Gasteiger partial charge in [-0.1, -0.05) is 12.1 Å². The van der Waals surface area contributed by atoms with Crippen molar-refractivity contribution < 1.29 is 9.53 Å². The summed E-state index contributed by atoms with van der Waals surface area (Å²) in [6, 6.07) is 7.26. The van der Waals surface area contributed by atoms with Gasteiger partial charge in [0.15, 0.2) is 5.11 Å². The lowest BCUT2D eigenvalue weighted by Gasteiger charge is -2.17. The van der Waals surface area contributed by atoms with E-state index in [1.807, 2.05) is 32.3 Å². The highest BCUT2D eigenvalue weighted by molar-refractivity contribution is 7.80. The van der Waals surface area contributed by atoms with Crippen LogP contribution in [0.25, 0.3) is 6.08 Å². The Morgan fingerprint density at radius 1 is 1.35 bits per heavy atom. The van der Waals surface area contributed by atoms with E-state index in [-0.39, 0.29) is 5.91 Å². The van der Waals surface area contributed by atoms with Crippen molar-refractivity contribution in [3.63, 3.8) is 0 Å². The van der Waals surface area contributed by atoms with Crippen molar-refractivity contribution in [2.24, 2.45) is 7.05 Å². The minimum absolute atomic E-state index is 0.220. The Kier molecular flexibility index (Phi) is 3.87. The zero-order chi connectivity index (χ0) is 16.6. The summed E-state index contributed by atoms with van der Waals surface area (Å²) in [5.41, 5.74) is 2.74. The first kappa shape index (κ1) is 15.2. The highest BCUT2D eigenvalue weighted by Gasteiger charge is 2.33. The summed E-state index contributed by atoms with van der Waals surface area (Å²) in [5, 5.41) is 7.56. The molecule has 1 amide bonds. The van der Waals surface area contributed by atoms with Crippen molar-refractivity contribution in [2.75, 3.05) is 12.0 Å². The van der Waals surface area contributed by atoms with Gasteiger partial charge in [0.05, 0.1) is 18.5 Å². The van der Waals surface area contributed by atoms with Crippen LogP contribution in [0.5, 0.6) is 5.75 Å². The van der Waals surface area contributed by atoms with Gasteiger partial charge in [-0.25, -0.2) is 4.90 Å². The molecule has 1 fully saturated rings. The number of benzene rings is 1. The van der Waals surface area contributed by atoms with Gasteiger partial charge in [0.1, 0.15) is 11.4 Å². The topological polar surface area (TPSA) is 59.4 Å². The Balaban J connectivity index is 1.99. The Labute approximate surface area is 139 Å². The number of nitrogens with one attached hydrogen (secondary N) is 1. The first-order chi connectivity index (χ1) is 11.0. The molecule has 7 heteroatoms. The van der Waals surface area contributed by atoms with Crippen LogP contribution >= 0.6 is 12.2 Å². The summed E-state index contributed by atoms with van der Waals surface area (Å²) in [4.78, 5) is 14.2. The third-order valence-electron chi connectivity index (χ3n) is 3.56. The number of carbonyl (C=O) groups excluding carboxylic acids is 1. The smallest absolute Gasteiger partial charge is 0.281 e. The van der Waals surface area contributed by atoms with Gasteiger partial charge < -0.3 is 10.1 Å². The highest BCUT2D eigenvalue weighted by atomic mass is 32.1. The fourth-order valence-electron chi connectivity index (χ4n) is 2.48. The number of hydrogen-bond acceptors (Lipinski definition) is 4. The third kappa shape index (κ3) is 2.70. The van der Waals surface area contributed by atoms with Crippen molar-refractivity contribution in [3.8, 4) is 5.75 Å². The van der Waals surface area contributed by atoms with Gasteiger partial charge in [-0.15, -0.1) is 0 Å². The van der Waals surface area contributed by atoms with E-state index in [4.69, 9.17) is 17.0 Å². The van der Waals surface area contributed by atoms with Crippen LogP contribution in [0.3, 0.4) is 0 Å². The highest BCUT2D eigenvalue weighted by Crippen LogP contribution is 2.31. The van der Waals surface area contributed by atoms with Crippen LogP contribution in [0, 0.1) is 6.92 Å². The lowest BCUT2D eigenvalue weighted by Crippen LogP contribution is -2.30. The molecule has 0 spiro atoms. The molecule has 2 aromatic rings.